The highest BCUT2D eigenvalue weighted by molar-refractivity contribution is 5.22. The minimum atomic E-state index is -0.419. The van der Waals surface area contributed by atoms with Gasteiger partial charge in [0, 0.05) is 11.6 Å². The van der Waals surface area contributed by atoms with E-state index in [9.17, 15) is 8.78 Å². The summed E-state index contributed by atoms with van der Waals surface area (Å²) in [5.41, 5.74) is 6.80. The quantitative estimate of drug-likeness (QED) is 0.840. The van der Waals surface area contributed by atoms with Crippen LogP contribution in [0.1, 0.15) is 51.1 Å². The summed E-state index contributed by atoms with van der Waals surface area (Å²) in [5, 5.41) is 0. The van der Waals surface area contributed by atoms with E-state index in [0.29, 0.717) is 11.0 Å². The molecule has 2 rings (SSSR count). The lowest BCUT2D eigenvalue weighted by Crippen LogP contribution is -2.29. The third-order valence-corrected chi connectivity index (χ3v) is 4.21. The van der Waals surface area contributed by atoms with Gasteiger partial charge in [0.2, 0.25) is 0 Å². The highest BCUT2D eigenvalue weighted by atomic mass is 19.1. The molecule has 0 aromatic heterocycles. The van der Waals surface area contributed by atoms with Gasteiger partial charge in [0.05, 0.1) is 0 Å². The lowest BCUT2D eigenvalue weighted by Gasteiger charge is -2.37. The van der Waals surface area contributed by atoms with Crippen molar-refractivity contribution in [1.82, 2.24) is 0 Å². The molecule has 1 unspecified atom stereocenters. The molecule has 1 fully saturated rings. The third kappa shape index (κ3) is 2.89. The Labute approximate surface area is 107 Å². The highest BCUT2D eigenvalue weighted by Crippen LogP contribution is 2.42. The van der Waals surface area contributed by atoms with E-state index < -0.39 is 17.7 Å². The SMILES string of the molecule is CC1(C)CCC(C(N)c2cc(F)ccc2F)CC1. The Kier molecular flexibility index (Phi) is 3.71. The van der Waals surface area contributed by atoms with Crippen molar-refractivity contribution in [2.24, 2.45) is 17.1 Å². The fraction of sp³-hybridized carbons (Fsp3) is 0.600. The van der Waals surface area contributed by atoms with Gasteiger partial charge in [-0.1, -0.05) is 13.8 Å². The molecule has 3 heteroatoms. The molecule has 0 radical (unpaired) electrons. The van der Waals surface area contributed by atoms with Crippen LogP contribution in [0.4, 0.5) is 8.78 Å². The van der Waals surface area contributed by atoms with Gasteiger partial charge >= 0.3 is 0 Å². The number of hydrogen-bond acceptors (Lipinski definition) is 1. The maximum absolute atomic E-state index is 13.7. The van der Waals surface area contributed by atoms with Crippen LogP contribution in [0.15, 0.2) is 18.2 Å². The molecule has 0 bridgehead atoms. The smallest absolute Gasteiger partial charge is 0.128 e. The molecule has 2 N–H and O–H groups in total. The van der Waals surface area contributed by atoms with Crippen LogP contribution in [-0.2, 0) is 0 Å². The maximum atomic E-state index is 13.7. The average molecular weight is 253 g/mol. The van der Waals surface area contributed by atoms with Crippen LogP contribution in [0, 0.1) is 23.0 Å². The topological polar surface area (TPSA) is 26.0 Å². The molecule has 0 saturated heterocycles. The van der Waals surface area contributed by atoms with Crippen molar-refractivity contribution in [3.8, 4) is 0 Å². The van der Waals surface area contributed by atoms with Gasteiger partial charge in [-0.05, 0) is 55.2 Å². The molecular weight excluding hydrogens is 232 g/mol. The van der Waals surface area contributed by atoms with Gasteiger partial charge in [0.25, 0.3) is 0 Å². The van der Waals surface area contributed by atoms with Crippen molar-refractivity contribution in [3.63, 3.8) is 0 Å². The van der Waals surface area contributed by atoms with Crippen molar-refractivity contribution < 1.29 is 8.78 Å². The minimum Gasteiger partial charge on any atom is -0.324 e. The predicted molar refractivity (Wildman–Crippen MR) is 69.0 cm³/mol. The molecule has 1 aliphatic carbocycles. The van der Waals surface area contributed by atoms with Gasteiger partial charge in [-0.15, -0.1) is 0 Å². The minimum absolute atomic E-state index is 0.259. The number of halogens is 2. The monoisotopic (exact) mass is 253 g/mol. The summed E-state index contributed by atoms with van der Waals surface area (Å²) >= 11 is 0. The van der Waals surface area contributed by atoms with Gasteiger partial charge in [-0.3, -0.25) is 0 Å². The Bertz CT molecular complexity index is 419. The first-order chi connectivity index (χ1) is 8.39. The van der Waals surface area contributed by atoms with E-state index >= 15 is 0 Å². The molecule has 1 atom stereocenters. The zero-order valence-electron chi connectivity index (χ0n) is 11.0. The normalized spacial score (nSPS) is 21.8. The van der Waals surface area contributed by atoms with Gasteiger partial charge in [0.1, 0.15) is 11.6 Å². The van der Waals surface area contributed by atoms with E-state index in [1.807, 2.05) is 0 Å². The molecule has 0 spiro atoms. The van der Waals surface area contributed by atoms with Crippen LogP contribution < -0.4 is 5.73 Å². The summed E-state index contributed by atoms with van der Waals surface area (Å²) in [4.78, 5) is 0. The zero-order chi connectivity index (χ0) is 13.3. The molecule has 1 aromatic rings. The van der Waals surface area contributed by atoms with Crippen molar-refractivity contribution in [3.05, 3.63) is 35.4 Å². The summed E-state index contributed by atoms with van der Waals surface area (Å²) in [6, 6.07) is 3.14. The second kappa shape index (κ2) is 4.96. The molecular formula is C15H21F2N. The molecule has 18 heavy (non-hydrogen) atoms. The molecule has 0 amide bonds. The fourth-order valence-corrected chi connectivity index (χ4v) is 2.80. The van der Waals surface area contributed by atoms with E-state index in [2.05, 4.69) is 13.8 Å². The summed E-state index contributed by atoms with van der Waals surface area (Å²) in [6.07, 6.45) is 4.18. The Hall–Kier alpha value is -0.960. The van der Waals surface area contributed by atoms with E-state index in [0.717, 1.165) is 37.8 Å². The van der Waals surface area contributed by atoms with E-state index in [4.69, 9.17) is 5.73 Å². The van der Waals surface area contributed by atoms with Crippen LogP contribution in [0.25, 0.3) is 0 Å². The number of hydrogen-bond donors (Lipinski definition) is 1. The Morgan fingerprint density at radius 3 is 2.44 bits per heavy atom. The van der Waals surface area contributed by atoms with Crippen molar-refractivity contribution in [1.29, 1.82) is 0 Å². The van der Waals surface area contributed by atoms with E-state index in [-0.39, 0.29) is 5.92 Å². The molecule has 0 heterocycles. The molecule has 100 valence electrons. The van der Waals surface area contributed by atoms with E-state index in [1.165, 1.54) is 6.07 Å². The fourth-order valence-electron chi connectivity index (χ4n) is 2.80. The first-order valence-corrected chi connectivity index (χ1v) is 6.59. The lowest BCUT2D eigenvalue weighted by atomic mass is 9.70. The average Bonchev–Trinajstić information content (AvgIpc) is 2.31. The van der Waals surface area contributed by atoms with Crippen LogP contribution in [-0.4, -0.2) is 0 Å². The van der Waals surface area contributed by atoms with Gasteiger partial charge in [-0.25, -0.2) is 8.78 Å². The van der Waals surface area contributed by atoms with E-state index in [1.54, 1.807) is 0 Å². The molecule has 1 saturated carbocycles. The second-order valence-corrected chi connectivity index (χ2v) is 6.19. The summed E-state index contributed by atoms with van der Waals surface area (Å²) in [7, 11) is 0. The van der Waals surface area contributed by atoms with Crippen molar-refractivity contribution in [2.75, 3.05) is 0 Å². The predicted octanol–water partition coefficient (Wildman–Crippen LogP) is 4.18. The van der Waals surface area contributed by atoms with Crippen LogP contribution in [0.5, 0.6) is 0 Å². The van der Waals surface area contributed by atoms with Crippen molar-refractivity contribution >= 4 is 0 Å². The summed E-state index contributed by atoms with van der Waals surface area (Å²) in [5.74, 6) is -0.555. The number of rotatable bonds is 2. The lowest BCUT2D eigenvalue weighted by molar-refractivity contribution is 0.172. The Morgan fingerprint density at radius 1 is 1.22 bits per heavy atom. The zero-order valence-corrected chi connectivity index (χ0v) is 11.0. The Morgan fingerprint density at radius 2 is 1.83 bits per heavy atom. The molecule has 0 aliphatic heterocycles. The molecule has 1 nitrogen and oxygen atoms in total. The second-order valence-electron chi connectivity index (χ2n) is 6.19. The van der Waals surface area contributed by atoms with Gasteiger partial charge < -0.3 is 5.73 Å². The first kappa shape index (κ1) is 13.5. The highest BCUT2D eigenvalue weighted by Gasteiger charge is 2.31. The number of nitrogens with two attached hydrogens (primary N) is 1. The van der Waals surface area contributed by atoms with Crippen LogP contribution >= 0.6 is 0 Å². The first-order valence-electron chi connectivity index (χ1n) is 6.59. The largest absolute Gasteiger partial charge is 0.324 e. The summed E-state index contributed by atoms with van der Waals surface area (Å²) < 4.78 is 26.9. The van der Waals surface area contributed by atoms with Crippen LogP contribution in [0.3, 0.4) is 0 Å². The van der Waals surface area contributed by atoms with Gasteiger partial charge in [0.15, 0.2) is 0 Å². The third-order valence-electron chi connectivity index (χ3n) is 4.21. The van der Waals surface area contributed by atoms with Crippen molar-refractivity contribution in [2.45, 2.75) is 45.6 Å². The molecule has 1 aromatic carbocycles. The maximum Gasteiger partial charge on any atom is 0.128 e. The van der Waals surface area contributed by atoms with Crippen LogP contribution in [0.2, 0.25) is 0 Å². The molecule has 1 aliphatic rings. The standard InChI is InChI=1S/C15H21F2N/c1-15(2)7-5-10(6-8-15)14(18)12-9-11(16)3-4-13(12)17/h3-4,9-10,14H,5-8,18H2,1-2H3. The summed E-state index contributed by atoms with van der Waals surface area (Å²) in [6.45, 7) is 4.50. The Balaban J connectivity index is 2.12. The van der Waals surface area contributed by atoms with Gasteiger partial charge in [-0.2, -0.15) is 0 Å². The number of benzene rings is 1.